The molecule has 0 aliphatic carbocycles. The van der Waals surface area contributed by atoms with Crippen LogP contribution in [0.2, 0.25) is 0 Å². The molecule has 0 spiro atoms. The highest BCUT2D eigenvalue weighted by atomic mass is 32.2. The van der Waals surface area contributed by atoms with Crippen LogP contribution in [0.1, 0.15) is 23.8 Å². The van der Waals surface area contributed by atoms with Crippen molar-refractivity contribution >= 4 is 20.9 Å². The predicted octanol–water partition coefficient (Wildman–Crippen LogP) is 4.03. The lowest BCUT2D eigenvalue weighted by Gasteiger charge is -2.15. The highest BCUT2D eigenvalue weighted by molar-refractivity contribution is 7.90. The van der Waals surface area contributed by atoms with E-state index in [2.05, 4.69) is 4.74 Å². The zero-order valence-corrected chi connectivity index (χ0v) is 15.8. The molecule has 1 heterocycles. The van der Waals surface area contributed by atoms with Crippen molar-refractivity contribution in [1.82, 2.24) is 3.97 Å². The van der Waals surface area contributed by atoms with E-state index in [1.54, 1.807) is 25.1 Å². The van der Waals surface area contributed by atoms with Crippen LogP contribution in [0.15, 0.2) is 53.4 Å². The molecule has 29 heavy (non-hydrogen) atoms. The number of nitrogens with zero attached hydrogens (tertiary/aromatic N) is 2. The maximum Gasteiger partial charge on any atom is 0.573 e. The Balaban J connectivity index is 2.24. The number of aliphatic hydroxyl groups is 1. The second-order valence-corrected chi connectivity index (χ2v) is 8.08. The lowest BCUT2D eigenvalue weighted by atomic mass is 10.2. The molecule has 0 fully saturated rings. The maximum atomic E-state index is 13.2. The molecule has 0 aliphatic rings. The molecule has 1 N–H and O–H groups in total. The van der Waals surface area contributed by atoms with E-state index in [1.807, 2.05) is 0 Å². The quantitative estimate of drug-likeness (QED) is 0.668. The van der Waals surface area contributed by atoms with E-state index in [0.29, 0.717) is 0 Å². The van der Waals surface area contributed by atoms with Crippen LogP contribution in [-0.2, 0) is 10.0 Å². The Morgan fingerprint density at radius 1 is 1.17 bits per heavy atom. The third kappa shape index (κ3) is 4.21. The molecule has 3 rings (SSSR count). The lowest BCUT2D eigenvalue weighted by Crippen LogP contribution is -2.18. The second kappa shape index (κ2) is 7.42. The molecule has 1 atom stereocenters. The molecule has 1 aromatic heterocycles. The SMILES string of the molecule is Cc1ccc(S(=O)(=O)n2c(C(O)CC#N)cc3cc(OC(F)(F)F)ccc32)cc1. The summed E-state index contributed by atoms with van der Waals surface area (Å²) in [6.45, 7) is 1.78. The molecule has 152 valence electrons. The van der Waals surface area contributed by atoms with E-state index in [0.717, 1.165) is 27.7 Å². The maximum absolute atomic E-state index is 13.2. The summed E-state index contributed by atoms with van der Waals surface area (Å²) in [5, 5.41) is 19.3. The summed E-state index contributed by atoms with van der Waals surface area (Å²) in [6.07, 6.45) is -6.77. The molecule has 0 saturated carbocycles. The van der Waals surface area contributed by atoms with E-state index in [9.17, 15) is 26.7 Å². The van der Waals surface area contributed by atoms with Crippen LogP contribution in [0, 0.1) is 18.3 Å². The van der Waals surface area contributed by atoms with Crippen molar-refractivity contribution in [3.8, 4) is 11.8 Å². The van der Waals surface area contributed by atoms with Crippen LogP contribution in [-0.4, -0.2) is 23.9 Å². The first kappa shape index (κ1) is 20.7. The highest BCUT2D eigenvalue weighted by Crippen LogP contribution is 2.33. The average Bonchev–Trinajstić information content (AvgIpc) is 3.00. The van der Waals surface area contributed by atoms with Crippen LogP contribution in [0.3, 0.4) is 0 Å². The van der Waals surface area contributed by atoms with Crippen LogP contribution in [0.25, 0.3) is 10.9 Å². The van der Waals surface area contributed by atoms with Crippen molar-refractivity contribution < 1.29 is 31.4 Å². The zero-order chi connectivity index (χ0) is 21.4. The van der Waals surface area contributed by atoms with Crippen molar-refractivity contribution in [3.63, 3.8) is 0 Å². The number of alkyl halides is 3. The Kier molecular flexibility index (Phi) is 5.30. The lowest BCUT2D eigenvalue weighted by molar-refractivity contribution is -0.274. The minimum atomic E-state index is -4.91. The van der Waals surface area contributed by atoms with Gasteiger partial charge in [-0.15, -0.1) is 13.2 Å². The molecule has 2 aromatic carbocycles. The summed E-state index contributed by atoms with van der Waals surface area (Å²) in [7, 11) is -4.20. The molecule has 10 heteroatoms. The molecular formula is C19H15F3N2O4S. The number of benzene rings is 2. The third-order valence-corrected chi connectivity index (χ3v) is 5.93. The zero-order valence-electron chi connectivity index (χ0n) is 15.0. The van der Waals surface area contributed by atoms with Gasteiger partial charge < -0.3 is 9.84 Å². The van der Waals surface area contributed by atoms with Gasteiger partial charge in [0.1, 0.15) is 11.9 Å². The van der Waals surface area contributed by atoms with Gasteiger partial charge in [0.15, 0.2) is 0 Å². The van der Waals surface area contributed by atoms with E-state index in [-0.39, 0.29) is 21.5 Å². The first-order chi connectivity index (χ1) is 13.5. The van der Waals surface area contributed by atoms with Crippen LogP contribution in [0.5, 0.6) is 5.75 Å². The normalized spacial score (nSPS) is 13.2. The minimum Gasteiger partial charge on any atom is -0.406 e. The van der Waals surface area contributed by atoms with E-state index in [1.165, 1.54) is 18.2 Å². The highest BCUT2D eigenvalue weighted by Gasteiger charge is 2.32. The molecular weight excluding hydrogens is 409 g/mol. The molecule has 0 saturated heterocycles. The molecule has 0 aliphatic heterocycles. The number of halogens is 3. The number of aliphatic hydroxyl groups excluding tert-OH is 1. The molecule has 1 unspecified atom stereocenters. The number of hydrogen-bond donors (Lipinski definition) is 1. The number of fused-ring (bicyclic) bond motifs is 1. The monoisotopic (exact) mass is 424 g/mol. The van der Waals surface area contributed by atoms with Gasteiger partial charge >= 0.3 is 6.36 Å². The summed E-state index contributed by atoms with van der Waals surface area (Å²) < 4.78 is 68.7. The number of hydrogen-bond acceptors (Lipinski definition) is 5. The predicted molar refractivity (Wildman–Crippen MR) is 97.6 cm³/mol. The molecule has 0 bridgehead atoms. The van der Waals surface area contributed by atoms with E-state index < -0.39 is 34.7 Å². The minimum absolute atomic E-state index is 0.0482. The number of nitriles is 1. The Labute approximate surface area is 164 Å². The largest absolute Gasteiger partial charge is 0.573 e. The summed E-state index contributed by atoms with van der Waals surface area (Å²) in [4.78, 5) is -0.0679. The summed E-state index contributed by atoms with van der Waals surface area (Å²) >= 11 is 0. The van der Waals surface area contributed by atoms with Crippen molar-refractivity contribution in [2.75, 3.05) is 0 Å². The van der Waals surface area contributed by atoms with Crippen molar-refractivity contribution in [1.29, 1.82) is 5.26 Å². The van der Waals surface area contributed by atoms with Gasteiger partial charge in [-0.2, -0.15) is 5.26 Å². The van der Waals surface area contributed by atoms with Crippen LogP contribution in [0.4, 0.5) is 13.2 Å². The Morgan fingerprint density at radius 3 is 2.41 bits per heavy atom. The van der Waals surface area contributed by atoms with Gasteiger partial charge in [-0.3, -0.25) is 0 Å². The van der Waals surface area contributed by atoms with Crippen LogP contribution >= 0.6 is 0 Å². The number of ether oxygens (including phenoxy) is 1. The summed E-state index contributed by atoms with van der Waals surface area (Å²) in [5.74, 6) is -0.531. The molecule has 3 aromatic rings. The Hall–Kier alpha value is -3.03. The number of aromatic nitrogens is 1. The van der Waals surface area contributed by atoms with Gasteiger partial charge in [0, 0.05) is 5.39 Å². The van der Waals surface area contributed by atoms with Crippen molar-refractivity contribution in [3.05, 3.63) is 59.8 Å². The van der Waals surface area contributed by atoms with Gasteiger partial charge in [0.05, 0.1) is 28.6 Å². The Morgan fingerprint density at radius 2 is 1.83 bits per heavy atom. The fraction of sp³-hybridized carbons (Fsp3) is 0.211. The Bertz CT molecular complexity index is 1190. The molecule has 0 radical (unpaired) electrons. The standard InChI is InChI=1S/C19H15F3N2O4S/c1-12-2-5-15(6-3-12)29(26,27)24-16-7-4-14(28-19(20,21)22)10-13(16)11-17(24)18(25)8-9-23/h2-7,10-11,18,25H,8H2,1H3. The fourth-order valence-electron chi connectivity index (χ4n) is 2.89. The smallest absolute Gasteiger partial charge is 0.406 e. The van der Waals surface area contributed by atoms with Gasteiger partial charge in [-0.25, -0.2) is 12.4 Å². The van der Waals surface area contributed by atoms with Crippen molar-refractivity contribution in [2.24, 2.45) is 0 Å². The second-order valence-electron chi connectivity index (χ2n) is 6.30. The summed E-state index contributed by atoms with van der Waals surface area (Å²) in [5.41, 5.74) is 0.748. The summed E-state index contributed by atoms with van der Waals surface area (Å²) in [6, 6.07) is 12.1. The van der Waals surface area contributed by atoms with Crippen LogP contribution < -0.4 is 4.74 Å². The van der Waals surface area contributed by atoms with Gasteiger partial charge in [-0.05, 0) is 43.3 Å². The molecule has 6 nitrogen and oxygen atoms in total. The number of aryl methyl sites for hydroxylation is 1. The average molecular weight is 424 g/mol. The van der Waals surface area contributed by atoms with Gasteiger partial charge in [-0.1, -0.05) is 17.7 Å². The van der Waals surface area contributed by atoms with Gasteiger partial charge in [0.25, 0.3) is 10.0 Å². The van der Waals surface area contributed by atoms with Gasteiger partial charge in [0.2, 0.25) is 0 Å². The first-order valence-corrected chi connectivity index (χ1v) is 9.75. The topological polar surface area (TPSA) is 92.3 Å². The molecule has 0 amide bonds. The van der Waals surface area contributed by atoms with Crippen molar-refractivity contribution in [2.45, 2.75) is 30.7 Å². The van der Waals surface area contributed by atoms with E-state index in [4.69, 9.17) is 5.26 Å². The van der Waals surface area contributed by atoms with E-state index >= 15 is 0 Å². The number of rotatable bonds is 5. The third-order valence-electron chi connectivity index (χ3n) is 4.17. The fourth-order valence-corrected chi connectivity index (χ4v) is 4.46. The first-order valence-electron chi connectivity index (χ1n) is 8.31.